The van der Waals surface area contributed by atoms with Gasteiger partial charge in [0.2, 0.25) is 0 Å². The molecule has 0 radical (unpaired) electrons. The molecule has 0 bridgehead atoms. The van der Waals surface area contributed by atoms with E-state index in [0.29, 0.717) is 0 Å². The smallest absolute Gasteiger partial charge is 0.00114 e. The van der Waals surface area contributed by atoms with Crippen LogP contribution in [0, 0.1) is 0 Å². The van der Waals surface area contributed by atoms with E-state index in [1.165, 1.54) is 24.8 Å². The van der Waals surface area contributed by atoms with Gasteiger partial charge in [0.05, 0.1) is 0 Å². The lowest BCUT2D eigenvalue weighted by Crippen LogP contribution is -2.10. The van der Waals surface area contributed by atoms with Crippen LogP contribution in [-0.4, -0.2) is 13.6 Å². The van der Waals surface area contributed by atoms with Crippen LogP contribution in [0.3, 0.4) is 0 Å². The second kappa shape index (κ2) is 3.93. The van der Waals surface area contributed by atoms with Gasteiger partial charge >= 0.3 is 0 Å². The third kappa shape index (κ3) is 1.92. The second-order valence-electron chi connectivity index (χ2n) is 3.81. The van der Waals surface area contributed by atoms with Crippen LogP contribution < -0.4 is 5.32 Å². The van der Waals surface area contributed by atoms with Crippen molar-refractivity contribution in [3.63, 3.8) is 0 Å². The Hall–Kier alpha value is -0.820. The van der Waals surface area contributed by atoms with Crippen LogP contribution >= 0.6 is 0 Å². The maximum absolute atomic E-state index is 3.18. The Kier molecular flexibility index (Phi) is 2.65. The molecule has 0 saturated carbocycles. The highest BCUT2D eigenvalue weighted by molar-refractivity contribution is 5.35. The van der Waals surface area contributed by atoms with Gasteiger partial charge in [-0.3, -0.25) is 0 Å². The Balaban J connectivity index is 2.12. The van der Waals surface area contributed by atoms with E-state index in [1.54, 1.807) is 11.1 Å². The maximum Gasteiger partial charge on any atom is -0.00114 e. The van der Waals surface area contributed by atoms with Crippen molar-refractivity contribution in [3.8, 4) is 0 Å². The molecular weight excluding hydrogens is 158 g/mol. The zero-order valence-corrected chi connectivity index (χ0v) is 8.27. The van der Waals surface area contributed by atoms with Gasteiger partial charge in [-0.2, -0.15) is 0 Å². The first-order valence-corrected chi connectivity index (χ1v) is 5.15. The van der Waals surface area contributed by atoms with Gasteiger partial charge in [-0.05, 0) is 56.0 Å². The van der Waals surface area contributed by atoms with Crippen LogP contribution in [0.25, 0.3) is 0 Å². The molecule has 13 heavy (non-hydrogen) atoms. The number of aryl methyl sites for hydroxylation is 2. The van der Waals surface area contributed by atoms with Crippen molar-refractivity contribution in [2.24, 2.45) is 0 Å². The van der Waals surface area contributed by atoms with Gasteiger partial charge in [0.25, 0.3) is 0 Å². The second-order valence-corrected chi connectivity index (χ2v) is 3.81. The van der Waals surface area contributed by atoms with E-state index in [-0.39, 0.29) is 0 Å². The van der Waals surface area contributed by atoms with Gasteiger partial charge in [-0.1, -0.05) is 18.2 Å². The van der Waals surface area contributed by atoms with Crippen molar-refractivity contribution in [2.75, 3.05) is 13.6 Å². The van der Waals surface area contributed by atoms with Crippen molar-refractivity contribution in [1.82, 2.24) is 5.32 Å². The predicted molar refractivity (Wildman–Crippen MR) is 56.1 cm³/mol. The first-order chi connectivity index (χ1) is 6.40. The minimum atomic E-state index is 1.08. The number of hydrogen-bond donors (Lipinski definition) is 1. The standard InChI is InChI=1S/C12H17N/c1-13-8-7-10-5-6-11-3-2-4-12(11)9-10/h5-6,9,13H,2-4,7-8H2,1H3. The van der Waals surface area contributed by atoms with Crippen molar-refractivity contribution < 1.29 is 0 Å². The van der Waals surface area contributed by atoms with Crippen molar-refractivity contribution >= 4 is 0 Å². The molecule has 1 aromatic carbocycles. The van der Waals surface area contributed by atoms with Crippen molar-refractivity contribution in [2.45, 2.75) is 25.7 Å². The summed E-state index contributed by atoms with van der Waals surface area (Å²) in [5.41, 5.74) is 4.65. The average molecular weight is 175 g/mol. The SMILES string of the molecule is CNCCc1ccc2c(c1)CCC2. The zero-order valence-electron chi connectivity index (χ0n) is 8.27. The summed E-state index contributed by atoms with van der Waals surface area (Å²) in [7, 11) is 2.01. The average Bonchev–Trinajstić information content (AvgIpc) is 2.61. The van der Waals surface area contributed by atoms with Crippen molar-refractivity contribution in [1.29, 1.82) is 0 Å². The molecule has 0 aliphatic heterocycles. The van der Waals surface area contributed by atoms with Gasteiger partial charge < -0.3 is 5.32 Å². The Morgan fingerprint density at radius 3 is 2.92 bits per heavy atom. The molecule has 2 rings (SSSR count). The Morgan fingerprint density at radius 1 is 1.23 bits per heavy atom. The largest absolute Gasteiger partial charge is 0.319 e. The number of likely N-dealkylation sites (N-methyl/N-ethyl adjacent to an activating group) is 1. The molecule has 70 valence electrons. The summed E-state index contributed by atoms with van der Waals surface area (Å²) in [6.07, 6.45) is 5.10. The minimum Gasteiger partial charge on any atom is -0.319 e. The molecule has 1 aliphatic carbocycles. The summed E-state index contributed by atoms with van der Waals surface area (Å²) in [4.78, 5) is 0. The molecule has 1 aliphatic rings. The van der Waals surface area contributed by atoms with Crippen molar-refractivity contribution in [3.05, 3.63) is 34.9 Å². The van der Waals surface area contributed by atoms with E-state index >= 15 is 0 Å². The van der Waals surface area contributed by atoms with Gasteiger partial charge in [-0.15, -0.1) is 0 Å². The summed E-state index contributed by atoms with van der Waals surface area (Å²) < 4.78 is 0. The Bertz CT molecular complexity index is 291. The minimum absolute atomic E-state index is 1.08. The van der Waals surface area contributed by atoms with Crippen LogP contribution in [0.5, 0.6) is 0 Å². The summed E-state index contributed by atoms with van der Waals surface area (Å²) in [5.74, 6) is 0. The molecule has 0 atom stereocenters. The molecule has 0 amide bonds. The van der Waals surface area contributed by atoms with Crippen LogP contribution in [0.15, 0.2) is 18.2 Å². The van der Waals surface area contributed by atoms with Crippen LogP contribution in [-0.2, 0) is 19.3 Å². The Labute approximate surface area is 80.2 Å². The Morgan fingerprint density at radius 2 is 2.08 bits per heavy atom. The van der Waals surface area contributed by atoms with E-state index in [1.807, 2.05) is 7.05 Å². The molecular formula is C12H17N. The number of nitrogens with one attached hydrogen (secondary N) is 1. The topological polar surface area (TPSA) is 12.0 Å². The summed E-state index contributed by atoms with van der Waals surface area (Å²) in [6, 6.07) is 6.98. The van der Waals surface area contributed by atoms with Gasteiger partial charge in [0, 0.05) is 0 Å². The van der Waals surface area contributed by atoms with E-state index in [9.17, 15) is 0 Å². The third-order valence-corrected chi connectivity index (χ3v) is 2.83. The molecule has 1 aromatic rings. The number of rotatable bonds is 3. The lowest BCUT2D eigenvalue weighted by atomic mass is 10.0. The van der Waals surface area contributed by atoms with E-state index in [0.717, 1.165) is 13.0 Å². The first-order valence-electron chi connectivity index (χ1n) is 5.15. The normalized spacial score (nSPS) is 14.5. The number of hydrogen-bond acceptors (Lipinski definition) is 1. The van der Waals surface area contributed by atoms with E-state index < -0.39 is 0 Å². The van der Waals surface area contributed by atoms with Gasteiger partial charge in [0.15, 0.2) is 0 Å². The lowest BCUT2D eigenvalue weighted by molar-refractivity contribution is 0.791. The van der Waals surface area contributed by atoms with E-state index in [2.05, 4.69) is 23.5 Å². The van der Waals surface area contributed by atoms with Gasteiger partial charge in [-0.25, -0.2) is 0 Å². The van der Waals surface area contributed by atoms with Crippen LogP contribution in [0.2, 0.25) is 0 Å². The molecule has 0 spiro atoms. The molecule has 0 unspecified atom stereocenters. The van der Waals surface area contributed by atoms with E-state index in [4.69, 9.17) is 0 Å². The first kappa shape index (κ1) is 8.76. The lowest BCUT2D eigenvalue weighted by Gasteiger charge is -2.04. The van der Waals surface area contributed by atoms with Crippen LogP contribution in [0.4, 0.5) is 0 Å². The number of benzene rings is 1. The summed E-state index contributed by atoms with van der Waals surface area (Å²) in [6.45, 7) is 1.08. The quantitative estimate of drug-likeness (QED) is 0.740. The molecule has 0 saturated heterocycles. The molecule has 0 fully saturated rings. The highest BCUT2D eigenvalue weighted by Gasteiger charge is 2.09. The fraction of sp³-hybridized carbons (Fsp3) is 0.500. The van der Waals surface area contributed by atoms with Crippen LogP contribution in [0.1, 0.15) is 23.1 Å². The molecule has 1 heteroatoms. The number of fused-ring (bicyclic) bond motifs is 1. The van der Waals surface area contributed by atoms with Gasteiger partial charge in [0.1, 0.15) is 0 Å². The summed E-state index contributed by atoms with van der Waals surface area (Å²) >= 11 is 0. The third-order valence-electron chi connectivity index (χ3n) is 2.83. The summed E-state index contributed by atoms with van der Waals surface area (Å²) in [5, 5.41) is 3.18. The highest BCUT2D eigenvalue weighted by atomic mass is 14.8. The highest BCUT2D eigenvalue weighted by Crippen LogP contribution is 2.22. The molecule has 0 aromatic heterocycles. The zero-order chi connectivity index (χ0) is 9.10. The molecule has 1 N–H and O–H groups in total. The maximum atomic E-state index is 3.18. The molecule has 1 nitrogen and oxygen atoms in total. The predicted octanol–water partition coefficient (Wildman–Crippen LogP) is 1.94. The fourth-order valence-electron chi connectivity index (χ4n) is 2.05. The monoisotopic (exact) mass is 175 g/mol. The molecule has 0 heterocycles. The fourth-order valence-corrected chi connectivity index (χ4v) is 2.05.